The molecule has 0 spiro atoms. The number of hydrogen-bond acceptors (Lipinski definition) is 2. The molecule has 2 nitrogen and oxygen atoms in total. The fourth-order valence-corrected chi connectivity index (χ4v) is 1.56. The molecule has 0 bridgehead atoms. The summed E-state index contributed by atoms with van der Waals surface area (Å²) in [7, 11) is 0. The van der Waals surface area contributed by atoms with E-state index < -0.39 is 0 Å². The Morgan fingerprint density at radius 3 is 2.36 bits per heavy atom. The average Bonchev–Trinajstić information content (AvgIpc) is 2.28. The Balaban J connectivity index is 2.27. The second-order valence-electron chi connectivity index (χ2n) is 3.13. The van der Waals surface area contributed by atoms with Crippen molar-refractivity contribution < 1.29 is 0 Å². The predicted octanol–water partition coefficient (Wildman–Crippen LogP) is 0.848. The third kappa shape index (κ3) is 2.80. The van der Waals surface area contributed by atoms with E-state index in [0.717, 1.165) is 6.54 Å². The molecule has 1 heterocycles. The standard InChI is InChI=1S/C9H19N2/c1-3-10-6-5-7-11(4-2)9-8-10/h1,3-9H2,2H3. The molecule has 1 aliphatic rings. The number of likely N-dealkylation sites (N-methyl/N-ethyl adjacent to an activating group) is 1. The van der Waals surface area contributed by atoms with Crippen molar-refractivity contribution in [2.45, 2.75) is 13.3 Å². The summed E-state index contributed by atoms with van der Waals surface area (Å²) in [5.74, 6) is 0. The zero-order valence-electron chi connectivity index (χ0n) is 7.55. The number of hydrogen-bond donors (Lipinski definition) is 0. The Morgan fingerprint density at radius 2 is 1.73 bits per heavy atom. The monoisotopic (exact) mass is 155 g/mol. The minimum Gasteiger partial charge on any atom is -0.302 e. The molecule has 0 saturated carbocycles. The van der Waals surface area contributed by atoms with Crippen LogP contribution < -0.4 is 0 Å². The van der Waals surface area contributed by atoms with Gasteiger partial charge in [-0.3, -0.25) is 0 Å². The molecule has 0 aromatic rings. The lowest BCUT2D eigenvalue weighted by Gasteiger charge is -2.18. The summed E-state index contributed by atoms with van der Waals surface area (Å²) in [6, 6.07) is 0. The molecule has 11 heavy (non-hydrogen) atoms. The van der Waals surface area contributed by atoms with Gasteiger partial charge in [0.25, 0.3) is 0 Å². The normalized spacial score (nSPS) is 23.5. The van der Waals surface area contributed by atoms with E-state index in [9.17, 15) is 0 Å². The van der Waals surface area contributed by atoms with Gasteiger partial charge in [-0.2, -0.15) is 0 Å². The average molecular weight is 155 g/mol. The van der Waals surface area contributed by atoms with E-state index in [4.69, 9.17) is 0 Å². The van der Waals surface area contributed by atoms with Gasteiger partial charge in [-0.15, -0.1) is 0 Å². The molecule has 1 radical (unpaired) electrons. The van der Waals surface area contributed by atoms with Crippen LogP contribution in [0.25, 0.3) is 0 Å². The summed E-state index contributed by atoms with van der Waals surface area (Å²) in [5, 5.41) is 0. The van der Waals surface area contributed by atoms with E-state index in [2.05, 4.69) is 23.6 Å². The fraction of sp³-hybridized carbons (Fsp3) is 0.889. The summed E-state index contributed by atoms with van der Waals surface area (Å²) >= 11 is 0. The molecule has 1 rings (SSSR count). The molecular weight excluding hydrogens is 136 g/mol. The van der Waals surface area contributed by atoms with E-state index in [0.29, 0.717) is 0 Å². The van der Waals surface area contributed by atoms with Crippen LogP contribution in [0.2, 0.25) is 0 Å². The highest BCUT2D eigenvalue weighted by Gasteiger charge is 2.10. The first-order valence-corrected chi connectivity index (χ1v) is 4.60. The van der Waals surface area contributed by atoms with Gasteiger partial charge in [0.1, 0.15) is 0 Å². The largest absolute Gasteiger partial charge is 0.302 e. The Hall–Kier alpha value is -0.0800. The van der Waals surface area contributed by atoms with Crippen LogP contribution in [-0.4, -0.2) is 49.1 Å². The maximum absolute atomic E-state index is 3.91. The molecule has 1 fully saturated rings. The zero-order valence-corrected chi connectivity index (χ0v) is 7.55. The van der Waals surface area contributed by atoms with Crippen LogP contribution in [0.4, 0.5) is 0 Å². The van der Waals surface area contributed by atoms with Crippen LogP contribution in [0.1, 0.15) is 13.3 Å². The van der Waals surface area contributed by atoms with Crippen LogP contribution in [0.3, 0.4) is 0 Å². The molecule has 0 atom stereocenters. The van der Waals surface area contributed by atoms with E-state index in [1.807, 2.05) is 0 Å². The van der Waals surface area contributed by atoms with Crippen LogP contribution in [0.5, 0.6) is 0 Å². The van der Waals surface area contributed by atoms with Gasteiger partial charge in [-0.05, 0) is 39.5 Å². The SMILES string of the molecule is [CH2]CN1CCCN(CC)CC1. The molecular formula is C9H19N2. The van der Waals surface area contributed by atoms with Gasteiger partial charge in [0.05, 0.1) is 0 Å². The Kier molecular flexibility index (Phi) is 3.87. The first-order valence-electron chi connectivity index (χ1n) is 4.60. The number of nitrogens with zero attached hydrogens (tertiary/aromatic N) is 2. The molecule has 2 heteroatoms. The Labute approximate surface area is 70.2 Å². The van der Waals surface area contributed by atoms with Crippen molar-refractivity contribution in [3.8, 4) is 0 Å². The highest BCUT2D eigenvalue weighted by molar-refractivity contribution is 4.68. The molecule has 0 amide bonds. The highest BCUT2D eigenvalue weighted by Crippen LogP contribution is 2.01. The van der Waals surface area contributed by atoms with Gasteiger partial charge in [0, 0.05) is 13.1 Å². The first kappa shape index (κ1) is 9.01. The van der Waals surface area contributed by atoms with Crippen molar-refractivity contribution in [2.75, 3.05) is 39.3 Å². The molecule has 1 aliphatic heterocycles. The lowest BCUT2D eigenvalue weighted by atomic mass is 10.4. The van der Waals surface area contributed by atoms with E-state index >= 15 is 0 Å². The topological polar surface area (TPSA) is 6.48 Å². The minimum absolute atomic E-state index is 0.970. The summed E-state index contributed by atoms with van der Waals surface area (Å²) in [4.78, 5) is 4.94. The van der Waals surface area contributed by atoms with Crippen molar-refractivity contribution >= 4 is 0 Å². The van der Waals surface area contributed by atoms with Gasteiger partial charge in [0.2, 0.25) is 0 Å². The van der Waals surface area contributed by atoms with Gasteiger partial charge < -0.3 is 9.80 Å². The van der Waals surface area contributed by atoms with Crippen LogP contribution in [-0.2, 0) is 0 Å². The van der Waals surface area contributed by atoms with E-state index in [1.54, 1.807) is 0 Å². The van der Waals surface area contributed by atoms with Gasteiger partial charge in [-0.1, -0.05) is 6.92 Å². The van der Waals surface area contributed by atoms with Crippen molar-refractivity contribution in [3.63, 3.8) is 0 Å². The van der Waals surface area contributed by atoms with E-state index in [1.165, 1.54) is 39.1 Å². The maximum Gasteiger partial charge on any atom is 0.0109 e. The molecule has 1 saturated heterocycles. The van der Waals surface area contributed by atoms with Gasteiger partial charge in [-0.25, -0.2) is 0 Å². The molecule has 0 unspecified atom stereocenters. The number of rotatable bonds is 2. The fourth-order valence-electron chi connectivity index (χ4n) is 1.56. The third-order valence-electron chi connectivity index (χ3n) is 2.44. The summed E-state index contributed by atoms with van der Waals surface area (Å²) < 4.78 is 0. The Morgan fingerprint density at radius 1 is 1.09 bits per heavy atom. The van der Waals surface area contributed by atoms with Crippen molar-refractivity contribution in [1.29, 1.82) is 0 Å². The minimum atomic E-state index is 0.970. The second-order valence-corrected chi connectivity index (χ2v) is 3.13. The Bertz CT molecular complexity index is 91.7. The van der Waals surface area contributed by atoms with Crippen LogP contribution >= 0.6 is 0 Å². The molecule has 0 aromatic carbocycles. The van der Waals surface area contributed by atoms with Crippen molar-refractivity contribution in [2.24, 2.45) is 0 Å². The van der Waals surface area contributed by atoms with Crippen molar-refractivity contribution in [1.82, 2.24) is 9.80 Å². The summed E-state index contributed by atoms with van der Waals surface area (Å²) in [6.45, 7) is 13.3. The predicted molar refractivity (Wildman–Crippen MR) is 48.5 cm³/mol. The van der Waals surface area contributed by atoms with Gasteiger partial charge in [0.15, 0.2) is 0 Å². The van der Waals surface area contributed by atoms with Crippen LogP contribution in [0.15, 0.2) is 0 Å². The van der Waals surface area contributed by atoms with Gasteiger partial charge >= 0.3 is 0 Å². The summed E-state index contributed by atoms with van der Waals surface area (Å²) in [5.41, 5.74) is 0. The quantitative estimate of drug-likeness (QED) is 0.583. The van der Waals surface area contributed by atoms with E-state index in [-0.39, 0.29) is 0 Å². The molecule has 65 valence electrons. The van der Waals surface area contributed by atoms with Crippen LogP contribution in [0, 0.1) is 6.92 Å². The molecule has 0 N–H and O–H groups in total. The highest BCUT2D eigenvalue weighted by atomic mass is 15.2. The smallest absolute Gasteiger partial charge is 0.0109 e. The molecule has 0 aromatic heterocycles. The summed E-state index contributed by atoms with van der Waals surface area (Å²) in [6.07, 6.45) is 1.31. The third-order valence-corrected chi connectivity index (χ3v) is 2.44. The lowest BCUT2D eigenvalue weighted by Crippen LogP contribution is -2.30. The maximum atomic E-state index is 3.91. The zero-order chi connectivity index (χ0) is 8.10. The molecule has 0 aliphatic carbocycles. The van der Waals surface area contributed by atoms with Crippen molar-refractivity contribution in [3.05, 3.63) is 6.92 Å². The first-order chi connectivity index (χ1) is 5.36. The second kappa shape index (κ2) is 4.73. The lowest BCUT2D eigenvalue weighted by molar-refractivity contribution is 0.278.